The lowest BCUT2D eigenvalue weighted by Crippen LogP contribution is -2.32. The first kappa shape index (κ1) is 19.5. The molecule has 2 aliphatic rings. The highest BCUT2D eigenvalue weighted by Crippen LogP contribution is 2.26. The molecule has 1 N–H and O–H groups in total. The zero-order valence-electron chi connectivity index (χ0n) is 16.9. The SMILES string of the molecule is CC(Oc1ccc2c(c1)CCCC2)C(=O)Nc1ccccc1C(=O)N1CCCC1. The van der Waals surface area contributed by atoms with Gasteiger partial charge in [-0.1, -0.05) is 18.2 Å². The van der Waals surface area contributed by atoms with E-state index in [9.17, 15) is 9.59 Å². The minimum Gasteiger partial charge on any atom is -0.481 e. The van der Waals surface area contributed by atoms with Gasteiger partial charge in [-0.15, -0.1) is 0 Å². The Hall–Kier alpha value is -2.82. The molecule has 0 radical (unpaired) electrons. The van der Waals surface area contributed by atoms with Crippen molar-refractivity contribution in [2.45, 2.75) is 51.6 Å². The number of para-hydroxylation sites is 1. The molecule has 1 saturated heterocycles. The highest BCUT2D eigenvalue weighted by molar-refractivity contribution is 6.04. The second-order valence-electron chi connectivity index (χ2n) is 7.93. The van der Waals surface area contributed by atoms with Crippen LogP contribution in [0.1, 0.15) is 54.1 Å². The van der Waals surface area contributed by atoms with E-state index in [-0.39, 0.29) is 11.8 Å². The minimum absolute atomic E-state index is 0.0262. The minimum atomic E-state index is -0.661. The van der Waals surface area contributed by atoms with E-state index in [1.807, 2.05) is 23.1 Å². The number of carbonyl (C=O) groups is 2. The van der Waals surface area contributed by atoms with Crippen LogP contribution in [0.5, 0.6) is 5.75 Å². The van der Waals surface area contributed by atoms with Gasteiger partial charge in [0.2, 0.25) is 0 Å². The molecule has 0 spiro atoms. The Morgan fingerprint density at radius 3 is 2.48 bits per heavy atom. The molecule has 1 fully saturated rings. The number of ether oxygens (including phenoxy) is 1. The highest BCUT2D eigenvalue weighted by atomic mass is 16.5. The van der Waals surface area contributed by atoms with Gasteiger partial charge >= 0.3 is 0 Å². The Kier molecular flexibility index (Phi) is 5.84. The number of nitrogens with one attached hydrogen (secondary N) is 1. The van der Waals surface area contributed by atoms with Crippen molar-refractivity contribution in [3.8, 4) is 5.75 Å². The smallest absolute Gasteiger partial charge is 0.265 e. The fraction of sp³-hybridized carbons (Fsp3) is 0.417. The van der Waals surface area contributed by atoms with Gasteiger partial charge in [0.15, 0.2) is 6.10 Å². The van der Waals surface area contributed by atoms with Gasteiger partial charge in [-0.25, -0.2) is 0 Å². The van der Waals surface area contributed by atoms with Crippen molar-refractivity contribution in [1.29, 1.82) is 0 Å². The van der Waals surface area contributed by atoms with Crippen molar-refractivity contribution >= 4 is 17.5 Å². The number of hydrogen-bond acceptors (Lipinski definition) is 3. The van der Waals surface area contributed by atoms with E-state index in [1.54, 1.807) is 19.1 Å². The second kappa shape index (κ2) is 8.68. The largest absolute Gasteiger partial charge is 0.481 e. The first-order valence-electron chi connectivity index (χ1n) is 10.6. The van der Waals surface area contributed by atoms with E-state index in [0.717, 1.165) is 44.5 Å². The standard InChI is InChI=1S/C24H28N2O3/c1-17(29-20-13-12-18-8-2-3-9-19(18)16-20)23(27)25-22-11-5-4-10-21(22)24(28)26-14-6-7-15-26/h4-5,10-13,16-17H,2-3,6-9,14-15H2,1H3,(H,25,27). The van der Waals surface area contributed by atoms with Crippen molar-refractivity contribution in [2.75, 3.05) is 18.4 Å². The van der Waals surface area contributed by atoms with Crippen LogP contribution in [0.4, 0.5) is 5.69 Å². The van der Waals surface area contributed by atoms with Crippen molar-refractivity contribution in [2.24, 2.45) is 0 Å². The topological polar surface area (TPSA) is 58.6 Å². The van der Waals surface area contributed by atoms with E-state index in [0.29, 0.717) is 11.3 Å². The number of carbonyl (C=O) groups excluding carboxylic acids is 2. The Bertz CT molecular complexity index is 903. The number of hydrogen-bond donors (Lipinski definition) is 1. The highest BCUT2D eigenvalue weighted by Gasteiger charge is 2.23. The van der Waals surface area contributed by atoms with Gasteiger partial charge in [-0.05, 0) is 80.8 Å². The van der Waals surface area contributed by atoms with Crippen LogP contribution in [-0.4, -0.2) is 35.9 Å². The summed E-state index contributed by atoms with van der Waals surface area (Å²) in [5.74, 6) is 0.431. The molecule has 5 nitrogen and oxygen atoms in total. The number of fused-ring (bicyclic) bond motifs is 1. The molecule has 5 heteroatoms. The summed E-state index contributed by atoms with van der Waals surface area (Å²) in [7, 11) is 0. The maximum atomic E-state index is 12.8. The molecule has 152 valence electrons. The average molecular weight is 392 g/mol. The zero-order valence-corrected chi connectivity index (χ0v) is 16.9. The summed E-state index contributed by atoms with van der Waals surface area (Å²) in [6.07, 6.45) is 6.03. The maximum absolute atomic E-state index is 12.8. The number of benzene rings is 2. The van der Waals surface area contributed by atoms with Crippen molar-refractivity contribution in [3.63, 3.8) is 0 Å². The summed E-state index contributed by atoms with van der Waals surface area (Å²) in [5.41, 5.74) is 3.77. The predicted molar refractivity (Wildman–Crippen MR) is 113 cm³/mol. The lowest BCUT2D eigenvalue weighted by atomic mass is 9.92. The lowest BCUT2D eigenvalue weighted by Gasteiger charge is -2.20. The summed E-state index contributed by atoms with van der Waals surface area (Å²) in [6.45, 7) is 3.29. The van der Waals surface area contributed by atoms with Crippen molar-refractivity contribution in [1.82, 2.24) is 4.90 Å². The maximum Gasteiger partial charge on any atom is 0.265 e. The number of aryl methyl sites for hydroxylation is 2. The molecule has 1 heterocycles. The molecule has 29 heavy (non-hydrogen) atoms. The normalized spacial score (nSPS) is 16.8. The van der Waals surface area contributed by atoms with E-state index in [2.05, 4.69) is 17.4 Å². The summed E-state index contributed by atoms with van der Waals surface area (Å²) in [4.78, 5) is 27.4. The number of likely N-dealkylation sites (tertiary alicyclic amines) is 1. The zero-order chi connectivity index (χ0) is 20.2. The van der Waals surface area contributed by atoms with Gasteiger partial charge in [0.1, 0.15) is 5.75 Å². The molecule has 1 aliphatic heterocycles. The molecule has 0 aromatic heterocycles. The first-order valence-corrected chi connectivity index (χ1v) is 10.6. The number of nitrogens with zero attached hydrogens (tertiary/aromatic N) is 1. The molecule has 4 rings (SSSR count). The summed E-state index contributed by atoms with van der Waals surface area (Å²) in [6, 6.07) is 13.3. The van der Waals surface area contributed by atoms with Crippen LogP contribution in [0.2, 0.25) is 0 Å². The van der Waals surface area contributed by atoms with Gasteiger partial charge in [0, 0.05) is 13.1 Å². The monoisotopic (exact) mass is 392 g/mol. The average Bonchev–Trinajstić information content (AvgIpc) is 3.28. The number of amides is 2. The molecule has 2 aromatic carbocycles. The number of anilines is 1. The third kappa shape index (κ3) is 4.44. The molecule has 0 saturated carbocycles. The van der Waals surface area contributed by atoms with Gasteiger partial charge in [-0.2, -0.15) is 0 Å². The molecule has 1 unspecified atom stereocenters. The Morgan fingerprint density at radius 2 is 1.69 bits per heavy atom. The molecule has 0 bridgehead atoms. The van der Waals surface area contributed by atoms with E-state index in [4.69, 9.17) is 4.74 Å². The van der Waals surface area contributed by atoms with Crippen LogP contribution < -0.4 is 10.1 Å². The van der Waals surface area contributed by atoms with Crippen LogP contribution in [0, 0.1) is 0 Å². The molecule has 2 amide bonds. The van der Waals surface area contributed by atoms with E-state index >= 15 is 0 Å². The summed E-state index contributed by atoms with van der Waals surface area (Å²) >= 11 is 0. The van der Waals surface area contributed by atoms with E-state index in [1.165, 1.54) is 24.0 Å². The van der Waals surface area contributed by atoms with Gasteiger partial charge in [0.05, 0.1) is 11.3 Å². The van der Waals surface area contributed by atoms with Gasteiger partial charge in [-0.3, -0.25) is 9.59 Å². The third-order valence-corrected chi connectivity index (χ3v) is 5.81. The Balaban J connectivity index is 1.43. The quantitative estimate of drug-likeness (QED) is 0.829. The Morgan fingerprint density at radius 1 is 0.966 bits per heavy atom. The molecular weight excluding hydrogens is 364 g/mol. The third-order valence-electron chi connectivity index (χ3n) is 5.81. The predicted octanol–water partition coefficient (Wildman–Crippen LogP) is 4.21. The summed E-state index contributed by atoms with van der Waals surface area (Å²) < 4.78 is 5.91. The van der Waals surface area contributed by atoms with Crippen LogP contribution in [-0.2, 0) is 17.6 Å². The van der Waals surface area contributed by atoms with Crippen molar-refractivity contribution in [3.05, 3.63) is 59.2 Å². The Labute approximate surface area is 172 Å². The molecule has 2 aromatic rings. The fourth-order valence-electron chi connectivity index (χ4n) is 4.14. The first-order chi connectivity index (χ1) is 14.1. The molecule has 1 aliphatic carbocycles. The van der Waals surface area contributed by atoms with Crippen LogP contribution >= 0.6 is 0 Å². The van der Waals surface area contributed by atoms with Gasteiger partial charge < -0.3 is 15.0 Å². The fourth-order valence-corrected chi connectivity index (χ4v) is 4.14. The van der Waals surface area contributed by atoms with Crippen LogP contribution in [0.25, 0.3) is 0 Å². The van der Waals surface area contributed by atoms with E-state index < -0.39 is 6.10 Å². The number of rotatable bonds is 5. The summed E-state index contributed by atoms with van der Waals surface area (Å²) in [5, 5.41) is 2.89. The lowest BCUT2D eigenvalue weighted by molar-refractivity contribution is -0.122. The molecule has 1 atom stereocenters. The second-order valence-corrected chi connectivity index (χ2v) is 7.93. The molecular formula is C24H28N2O3. The van der Waals surface area contributed by atoms with Crippen LogP contribution in [0.15, 0.2) is 42.5 Å². The van der Waals surface area contributed by atoms with Crippen molar-refractivity contribution < 1.29 is 14.3 Å². The van der Waals surface area contributed by atoms with Crippen LogP contribution in [0.3, 0.4) is 0 Å². The van der Waals surface area contributed by atoms with Gasteiger partial charge in [0.25, 0.3) is 11.8 Å².